The standard InChI is InChI=1S/2C2H5O.K.Li/c2*1-2-3;;/h2*2H2,1H3;;/q2*-1;2*+1. The van der Waals surface area contributed by atoms with Gasteiger partial charge in [0.25, 0.3) is 0 Å². The minimum atomic E-state index is 0. The molecule has 2 nitrogen and oxygen atoms in total. The summed E-state index contributed by atoms with van der Waals surface area (Å²) in [5.41, 5.74) is 0. The van der Waals surface area contributed by atoms with E-state index in [1.54, 1.807) is 13.8 Å². The van der Waals surface area contributed by atoms with Gasteiger partial charge in [-0.2, -0.15) is 0 Å². The van der Waals surface area contributed by atoms with Crippen LogP contribution in [-0.4, -0.2) is 13.2 Å². The molecule has 0 aliphatic carbocycles. The Morgan fingerprint density at radius 1 is 1.00 bits per heavy atom. The van der Waals surface area contributed by atoms with E-state index in [0.29, 0.717) is 0 Å². The Hall–Kier alpha value is 2.15. The van der Waals surface area contributed by atoms with Crippen molar-refractivity contribution in [1.82, 2.24) is 0 Å². The minimum Gasteiger partial charge on any atom is -0.855 e. The van der Waals surface area contributed by atoms with E-state index in [2.05, 4.69) is 0 Å². The summed E-state index contributed by atoms with van der Waals surface area (Å²) in [6, 6.07) is 0. The molecule has 0 radical (unpaired) electrons. The van der Waals surface area contributed by atoms with Gasteiger partial charge in [-0.05, 0) is 0 Å². The fourth-order valence-corrected chi connectivity index (χ4v) is 0. The van der Waals surface area contributed by atoms with Gasteiger partial charge >= 0.3 is 70.2 Å². The van der Waals surface area contributed by atoms with E-state index in [1.165, 1.54) is 0 Å². The fraction of sp³-hybridized carbons (Fsp3) is 1.00. The molecule has 40 valence electrons. The molecule has 0 unspecified atom stereocenters. The Morgan fingerprint density at radius 3 is 1.00 bits per heavy atom. The summed E-state index contributed by atoms with van der Waals surface area (Å²) < 4.78 is 0. The van der Waals surface area contributed by atoms with Crippen molar-refractivity contribution < 1.29 is 80.5 Å². The molecule has 0 aromatic carbocycles. The maximum atomic E-state index is 8.93. The zero-order valence-electron chi connectivity index (χ0n) is 6.23. The molecule has 0 amide bonds. The van der Waals surface area contributed by atoms with Gasteiger partial charge in [0.2, 0.25) is 0 Å². The molecular formula is C4H10KLiO2. The summed E-state index contributed by atoms with van der Waals surface area (Å²) in [6.45, 7) is 3.14. The molecule has 8 heavy (non-hydrogen) atoms. The fourth-order valence-electron chi connectivity index (χ4n) is 0. The molecule has 0 fully saturated rings. The van der Waals surface area contributed by atoms with E-state index >= 15 is 0 Å². The van der Waals surface area contributed by atoms with Crippen LogP contribution >= 0.6 is 0 Å². The summed E-state index contributed by atoms with van der Waals surface area (Å²) in [6.07, 6.45) is 0. The molecule has 0 bridgehead atoms. The summed E-state index contributed by atoms with van der Waals surface area (Å²) in [4.78, 5) is 0. The Bertz CT molecular complexity index is 16.0. The van der Waals surface area contributed by atoms with E-state index in [-0.39, 0.29) is 83.5 Å². The summed E-state index contributed by atoms with van der Waals surface area (Å²) >= 11 is 0. The second-order valence-electron chi connectivity index (χ2n) is 0.577. The zero-order chi connectivity index (χ0) is 5.41. The predicted octanol–water partition coefficient (Wildman–Crippen LogP) is -7.26. The molecule has 0 atom stereocenters. The van der Waals surface area contributed by atoms with Crippen LogP contribution in [-0.2, 0) is 0 Å². The maximum absolute atomic E-state index is 8.93. The first kappa shape index (κ1) is 22.5. The molecule has 0 saturated carbocycles. The van der Waals surface area contributed by atoms with Gasteiger partial charge < -0.3 is 10.2 Å². The van der Waals surface area contributed by atoms with Crippen molar-refractivity contribution in [1.29, 1.82) is 0 Å². The Kier molecular flexibility index (Phi) is 99.1. The molecule has 0 aromatic rings. The first-order valence-corrected chi connectivity index (χ1v) is 1.99. The summed E-state index contributed by atoms with van der Waals surface area (Å²) in [7, 11) is 0. The Balaban J connectivity index is -0.0000000160. The SMILES string of the molecule is CC[O-].CC[O-].[K+].[Li+]. The van der Waals surface area contributed by atoms with E-state index in [4.69, 9.17) is 10.2 Å². The van der Waals surface area contributed by atoms with E-state index in [0.717, 1.165) is 0 Å². The summed E-state index contributed by atoms with van der Waals surface area (Å²) in [5.74, 6) is 0. The molecule has 0 aliphatic rings. The molecule has 0 saturated heterocycles. The van der Waals surface area contributed by atoms with E-state index in [1.807, 2.05) is 0 Å². The molecule has 0 spiro atoms. The normalized spacial score (nSPS) is 4.50. The van der Waals surface area contributed by atoms with Crippen LogP contribution in [0.15, 0.2) is 0 Å². The van der Waals surface area contributed by atoms with Crippen LogP contribution in [0.5, 0.6) is 0 Å². The Morgan fingerprint density at radius 2 is 1.00 bits per heavy atom. The van der Waals surface area contributed by atoms with Crippen molar-refractivity contribution in [2.24, 2.45) is 0 Å². The predicted molar refractivity (Wildman–Crippen MR) is 21.1 cm³/mol. The van der Waals surface area contributed by atoms with Crippen LogP contribution in [0, 0.1) is 0 Å². The maximum Gasteiger partial charge on any atom is 1.00 e. The molecule has 0 N–H and O–H groups in total. The third-order valence-electron chi connectivity index (χ3n) is 0. The first-order valence-electron chi connectivity index (χ1n) is 1.99. The van der Waals surface area contributed by atoms with E-state index < -0.39 is 0 Å². The van der Waals surface area contributed by atoms with Gasteiger partial charge in [0.1, 0.15) is 0 Å². The van der Waals surface area contributed by atoms with Crippen LogP contribution in [0.25, 0.3) is 0 Å². The molecule has 0 rings (SSSR count). The van der Waals surface area contributed by atoms with Crippen LogP contribution in [0.1, 0.15) is 13.8 Å². The number of rotatable bonds is 0. The van der Waals surface area contributed by atoms with Gasteiger partial charge in [-0.3, -0.25) is 0 Å². The van der Waals surface area contributed by atoms with Gasteiger partial charge in [0, 0.05) is 0 Å². The molecule has 0 aliphatic heterocycles. The summed E-state index contributed by atoms with van der Waals surface area (Å²) in [5, 5.41) is 17.9. The largest absolute Gasteiger partial charge is 1.00 e. The molecular weight excluding hydrogens is 126 g/mol. The van der Waals surface area contributed by atoms with Crippen molar-refractivity contribution in [3.8, 4) is 0 Å². The van der Waals surface area contributed by atoms with Crippen molar-refractivity contribution in [2.75, 3.05) is 13.2 Å². The van der Waals surface area contributed by atoms with Gasteiger partial charge in [0.15, 0.2) is 0 Å². The van der Waals surface area contributed by atoms with Crippen molar-refractivity contribution in [3.05, 3.63) is 0 Å². The number of hydrogen-bond donors (Lipinski definition) is 0. The first-order chi connectivity index (χ1) is 2.83. The van der Waals surface area contributed by atoms with E-state index in [9.17, 15) is 0 Å². The molecule has 0 heterocycles. The number of hydrogen-bond acceptors (Lipinski definition) is 2. The second kappa shape index (κ2) is 35.3. The average Bonchev–Trinajstić information content (AvgIpc) is 1.39. The van der Waals surface area contributed by atoms with Crippen molar-refractivity contribution in [3.63, 3.8) is 0 Å². The van der Waals surface area contributed by atoms with Crippen LogP contribution in [0.4, 0.5) is 0 Å². The van der Waals surface area contributed by atoms with Gasteiger partial charge in [0.05, 0.1) is 0 Å². The topological polar surface area (TPSA) is 46.1 Å². The third-order valence-corrected chi connectivity index (χ3v) is 0. The van der Waals surface area contributed by atoms with Gasteiger partial charge in [-0.1, -0.05) is 13.8 Å². The molecule has 0 aromatic heterocycles. The quantitative estimate of drug-likeness (QED) is 0.311. The van der Waals surface area contributed by atoms with Crippen LogP contribution in [0.3, 0.4) is 0 Å². The third kappa shape index (κ3) is 90.0. The van der Waals surface area contributed by atoms with Crippen molar-refractivity contribution in [2.45, 2.75) is 13.8 Å². The van der Waals surface area contributed by atoms with Crippen LogP contribution in [0.2, 0.25) is 0 Å². The van der Waals surface area contributed by atoms with Crippen LogP contribution < -0.4 is 80.5 Å². The van der Waals surface area contributed by atoms with Crippen molar-refractivity contribution >= 4 is 0 Å². The monoisotopic (exact) mass is 136 g/mol. The Labute approximate surface area is 106 Å². The molecule has 4 heteroatoms. The second-order valence-corrected chi connectivity index (χ2v) is 0.577. The minimum absolute atomic E-state index is 0. The zero-order valence-corrected chi connectivity index (χ0v) is 9.35. The smallest absolute Gasteiger partial charge is 0.855 e. The average molecular weight is 136 g/mol. The van der Waals surface area contributed by atoms with Gasteiger partial charge in [-0.25, -0.2) is 0 Å². The van der Waals surface area contributed by atoms with Gasteiger partial charge in [-0.15, -0.1) is 13.2 Å².